The van der Waals surface area contributed by atoms with Gasteiger partial charge in [-0.2, -0.15) is 0 Å². The van der Waals surface area contributed by atoms with Crippen molar-refractivity contribution in [2.75, 3.05) is 30.4 Å². The van der Waals surface area contributed by atoms with Gasteiger partial charge >= 0.3 is 0 Å². The molecule has 3 rings (SSSR count). The fourth-order valence-corrected chi connectivity index (χ4v) is 3.10. The van der Waals surface area contributed by atoms with Gasteiger partial charge in [0.05, 0.1) is 0 Å². The average molecular weight is 331 g/mol. The lowest BCUT2D eigenvalue weighted by Gasteiger charge is -2.31. The Kier molecular flexibility index (Phi) is 3.70. The molecule has 20 heavy (non-hydrogen) atoms. The van der Waals surface area contributed by atoms with Gasteiger partial charge in [-0.25, -0.2) is 0 Å². The molecule has 0 N–H and O–H groups in total. The van der Waals surface area contributed by atoms with Gasteiger partial charge in [-0.3, -0.25) is 0 Å². The number of rotatable bonds is 2. The first-order valence-corrected chi connectivity index (χ1v) is 7.72. The monoisotopic (exact) mass is 330 g/mol. The summed E-state index contributed by atoms with van der Waals surface area (Å²) in [5.41, 5.74) is 5.52. The van der Waals surface area contributed by atoms with Crippen LogP contribution in [0.1, 0.15) is 11.1 Å². The molecular formula is C17H19BrN2. The van der Waals surface area contributed by atoms with E-state index >= 15 is 0 Å². The number of halogens is 1. The minimum absolute atomic E-state index is 0.999. The van der Waals surface area contributed by atoms with Crippen molar-refractivity contribution in [3.63, 3.8) is 0 Å². The van der Waals surface area contributed by atoms with Gasteiger partial charge in [0, 0.05) is 43.0 Å². The molecule has 0 saturated heterocycles. The van der Waals surface area contributed by atoms with Crippen molar-refractivity contribution in [2.24, 2.45) is 0 Å². The van der Waals surface area contributed by atoms with E-state index in [1.54, 1.807) is 0 Å². The third kappa shape index (κ3) is 2.68. The summed E-state index contributed by atoms with van der Waals surface area (Å²) in [5, 5.41) is 0. The molecule has 0 saturated carbocycles. The zero-order valence-corrected chi connectivity index (χ0v) is 13.5. The van der Waals surface area contributed by atoms with Gasteiger partial charge in [-0.05, 0) is 47.9 Å². The van der Waals surface area contributed by atoms with Crippen molar-refractivity contribution < 1.29 is 0 Å². The predicted molar refractivity (Wildman–Crippen MR) is 89.7 cm³/mol. The second-order valence-corrected chi connectivity index (χ2v) is 6.41. The minimum atomic E-state index is 0.999. The maximum atomic E-state index is 3.55. The number of benzene rings is 2. The first-order chi connectivity index (χ1) is 9.63. The van der Waals surface area contributed by atoms with Gasteiger partial charge in [0.1, 0.15) is 0 Å². The normalized spacial score (nSPS) is 14.1. The maximum Gasteiger partial charge on any atom is 0.0432 e. The number of hydrogen-bond donors (Lipinski definition) is 0. The zero-order chi connectivity index (χ0) is 14.1. The van der Waals surface area contributed by atoms with E-state index in [4.69, 9.17) is 0 Å². The second-order valence-electron chi connectivity index (χ2n) is 5.50. The molecule has 0 unspecified atom stereocenters. The average Bonchev–Trinajstić information content (AvgIpc) is 2.46. The van der Waals surface area contributed by atoms with E-state index in [9.17, 15) is 0 Å². The smallest absolute Gasteiger partial charge is 0.0432 e. The van der Waals surface area contributed by atoms with Crippen LogP contribution in [-0.4, -0.2) is 20.6 Å². The molecule has 0 bridgehead atoms. The molecule has 2 nitrogen and oxygen atoms in total. The molecule has 0 aliphatic carbocycles. The minimum Gasteiger partial charge on any atom is -0.378 e. The van der Waals surface area contributed by atoms with Crippen LogP contribution < -0.4 is 9.80 Å². The molecule has 0 fully saturated rings. The Morgan fingerprint density at radius 1 is 1.05 bits per heavy atom. The summed E-state index contributed by atoms with van der Waals surface area (Å²) in [6.07, 6.45) is 1.11. The molecular weight excluding hydrogens is 312 g/mol. The van der Waals surface area contributed by atoms with Crippen LogP contribution in [-0.2, 0) is 13.0 Å². The van der Waals surface area contributed by atoms with Crippen LogP contribution in [0, 0.1) is 0 Å². The summed E-state index contributed by atoms with van der Waals surface area (Å²) in [5.74, 6) is 0. The highest BCUT2D eigenvalue weighted by Crippen LogP contribution is 2.28. The van der Waals surface area contributed by atoms with E-state index < -0.39 is 0 Å². The zero-order valence-electron chi connectivity index (χ0n) is 11.9. The van der Waals surface area contributed by atoms with Crippen LogP contribution in [0.2, 0.25) is 0 Å². The third-order valence-electron chi connectivity index (χ3n) is 3.89. The molecule has 0 radical (unpaired) electrons. The molecule has 0 spiro atoms. The van der Waals surface area contributed by atoms with Crippen LogP contribution in [0.4, 0.5) is 11.4 Å². The molecule has 1 heterocycles. The Morgan fingerprint density at radius 2 is 1.90 bits per heavy atom. The highest BCUT2D eigenvalue weighted by atomic mass is 79.9. The SMILES string of the molecule is CN(C)c1ccc2c(c1)CCN(c1cccc(Br)c1)C2. The van der Waals surface area contributed by atoms with Crippen molar-refractivity contribution in [1.82, 2.24) is 0 Å². The van der Waals surface area contributed by atoms with Crippen molar-refractivity contribution in [3.8, 4) is 0 Å². The molecule has 1 aliphatic heterocycles. The summed E-state index contributed by atoms with van der Waals surface area (Å²) in [6, 6.07) is 15.4. The third-order valence-corrected chi connectivity index (χ3v) is 4.39. The Hall–Kier alpha value is -1.48. The van der Waals surface area contributed by atoms with E-state index in [1.807, 2.05) is 0 Å². The van der Waals surface area contributed by atoms with E-state index in [1.165, 1.54) is 22.5 Å². The lowest BCUT2D eigenvalue weighted by molar-refractivity contribution is 0.731. The fraction of sp³-hybridized carbons (Fsp3) is 0.294. The fourth-order valence-electron chi connectivity index (χ4n) is 2.71. The van der Waals surface area contributed by atoms with Crippen LogP contribution in [0.15, 0.2) is 46.9 Å². The molecule has 104 valence electrons. The molecule has 2 aromatic carbocycles. The largest absolute Gasteiger partial charge is 0.378 e. The van der Waals surface area contributed by atoms with Gasteiger partial charge < -0.3 is 9.80 Å². The van der Waals surface area contributed by atoms with Gasteiger partial charge in [0.2, 0.25) is 0 Å². The number of hydrogen-bond acceptors (Lipinski definition) is 2. The number of nitrogens with zero attached hydrogens (tertiary/aromatic N) is 2. The first-order valence-electron chi connectivity index (χ1n) is 6.93. The maximum absolute atomic E-state index is 3.55. The lowest BCUT2D eigenvalue weighted by atomic mass is 9.98. The van der Waals surface area contributed by atoms with Crippen LogP contribution in [0.25, 0.3) is 0 Å². The second kappa shape index (κ2) is 5.49. The van der Waals surface area contributed by atoms with Crippen LogP contribution >= 0.6 is 15.9 Å². The summed E-state index contributed by atoms with van der Waals surface area (Å²) < 4.78 is 1.14. The first kappa shape index (κ1) is 13.5. The standard InChI is InChI=1S/C17H19BrN2/c1-19(2)16-7-6-14-12-20(9-8-13(14)10-16)17-5-3-4-15(18)11-17/h3-7,10-11H,8-9,12H2,1-2H3. The van der Waals surface area contributed by atoms with E-state index in [2.05, 4.69) is 82.3 Å². The Morgan fingerprint density at radius 3 is 2.65 bits per heavy atom. The van der Waals surface area contributed by atoms with Crippen molar-refractivity contribution >= 4 is 27.3 Å². The van der Waals surface area contributed by atoms with Crippen molar-refractivity contribution in [2.45, 2.75) is 13.0 Å². The molecule has 1 aliphatic rings. The number of anilines is 2. The Balaban J connectivity index is 1.85. The summed E-state index contributed by atoms with van der Waals surface area (Å²) in [6.45, 7) is 2.08. The van der Waals surface area contributed by atoms with E-state index in [0.717, 1.165) is 24.0 Å². The predicted octanol–water partition coefficient (Wildman–Crippen LogP) is 4.08. The molecule has 0 aromatic heterocycles. The van der Waals surface area contributed by atoms with Gasteiger partial charge in [-0.1, -0.05) is 28.1 Å². The highest BCUT2D eigenvalue weighted by molar-refractivity contribution is 9.10. The Bertz CT molecular complexity index is 622. The molecule has 0 atom stereocenters. The summed E-state index contributed by atoms with van der Waals surface area (Å²) >= 11 is 3.55. The van der Waals surface area contributed by atoms with Crippen LogP contribution in [0.5, 0.6) is 0 Å². The Labute approximate surface area is 129 Å². The summed E-state index contributed by atoms with van der Waals surface area (Å²) in [4.78, 5) is 4.61. The summed E-state index contributed by atoms with van der Waals surface area (Å²) in [7, 11) is 4.19. The number of fused-ring (bicyclic) bond motifs is 1. The van der Waals surface area contributed by atoms with E-state index in [-0.39, 0.29) is 0 Å². The lowest BCUT2D eigenvalue weighted by Crippen LogP contribution is -2.30. The quantitative estimate of drug-likeness (QED) is 0.818. The molecule has 0 amide bonds. The highest BCUT2D eigenvalue weighted by Gasteiger charge is 2.17. The molecule has 3 heteroatoms. The van der Waals surface area contributed by atoms with Crippen molar-refractivity contribution in [1.29, 1.82) is 0 Å². The van der Waals surface area contributed by atoms with Crippen LogP contribution in [0.3, 0.4) is 0 Å². The van der Waals surface area contributed by atoms with Crippen molar-refractivity contribution in [3.05, 3.63) is 58.1 Å². The topological polar surface area (TPSA) is 6.48 Å². The van der Waals surface area contributed by atoms with Gasteiger partial charge in [-0.15, -0.1) is 0 Å². The van der Waals surface area contributed by atoms with Gasteiger partial charge in [0.25, 0.3) is 0 Å². The van der Waals surface area contributed by atoms with Gasteiger partial charge in [0.15, 0.2) is 0 Å². The molecule has 2 aromatic rings. The van der Waals surface area contributed by atoms with E-state index in [0.29, 0.717) is 0 Å².